The van der Waals surface area contributed by atoms with Gasteiger partial charge in [0.25, 0.3) is 0 Å². The van der Waals surface area contributed by atoms with Crippen molar-refractivity contribution in [3.63, 3.8) is 0 Å². The third kappa shape index (κ3) is 1.32. The predicted octanol–water partition coefficient (Wildman–Crippen LogP) is 3.61. The summed E-state index contributed by atoms with van der Waals surface area (Å²) in [5.41, 5.74) is 3.89. The van der Waals surface area contributed by atoms with Crippen molar-refractivity contribution in [2.75, 3.05) is 0 Å². The highest BCUT2D eigenvalue weighted by atomic mass is 32.1. The fourth-order valence-electron chi connectivity index (χ4n) is 2.23. The van der Waals surface area contributed by atoms with Gasteiger partial charge in [0, 0.05) is 15.7 Å². The van der Waals surface area contributed by atoms with Gasteiger partial charge in [0.05, 0.1) is 0 Å². The maximum Gasteiger partial charge on any atom is 0.0361 e. The minimum absolute atomic E-state index is 0.352. The van der Waals surface area contributed by atoms with Crippen molar-refractivity contribution < 1.29 is 0 Å². The zero-order valence-corrected chi connectivity index (χ0v) is 9.80. The lowest BCUT2D eigenvalue weighted by molar-refractivity contribution is 0.871. The van der Waals surface area contributed by atoms with Crippen LogP contribution in [0.2, 0.25) is 0 Å². The second kappa shape index (κ2) is 3.32. The normalized spacial score (nSPS) is 27.1. The molecule has 74 valence electrons. The monoisotopic (exact) mass is 230 g/mol. The molecule has 0 N–H and O–H groups in total. The van der Waals surface area contributed by atoms with Gasteiger partial charge >= 0.3 is 0 Å². The molecule has 15 heavy (non-hydrogen) atoms. The molecule has 0 bridgehead atoms. The van der Waals surface area contributed by atoms with Crippen molar-refractivity contribution >= 4 is 25.3 Å². The van der Waals surface area contributed by atoms with E-state index in [2.05, 4.69) is 67.8 Å². The second-order valence-electron chi connectivity index (χ2n) is 3.81. The van der Waals surface area contributed by atoms with Crippen molar-refractivity contribution in [1.82, 2.24) is 0 Å². The van der Waals surface area contributed by atoms with Crippen molar-refractivity contribution in [3.05, 3.63) is 69.1 Å². The van der Waals surface area contributed by atoms with Gasteiger partial charge in [-0.05, 0) is 28.9 Å². The Balaban J connectivity index is 2.26. The molecule has 0 saturated heterocycles. The summed E-state index contributed by atoms with van der Waals surface area (Å²) >= 11 is 9.00. The van der Waals surface area contributed by atoms with Gasteiger partial charge in [-0.15, -0.1) is 25.3 Å². The summed E-state index contributed by atoms with van der Waals surface area (Å²) in [7, 11) is 0. The molecule has 0 aliphatic heterocycles. The molecule has 0 heterocycles. The topological polar surface area (TPSA) is 0 Å². The van der Waals surface area contributed by atoms with E-state index < -0.39 is 0 Å². The Kier molecular flexibility index (Phi) is 2.08. The molecule has 0 saturated carbocycles. The van der Waals surface area contributed by atoms with Gasteiger partial charge < -0.3 is 0 Å². The molecule has 0 nitrogen and oxygen atoms in total. The molecule has 0 aromatic rings. The van der Waals surface area contributed by atoms with Crippen LogP contribution in [0.25, 0.3) is 0 Å². The van der Waals surface area contributed by atoms with Gasteiger partial charge in [-0.2, -0.15) is 0 Å². The Labute approximate surface area is 100 Å². The lowest BCUT2D eigenvalue weighted by Crippen LogP contribution is -2.17. The third-order valence-electron chi connectivity index (χ3n) is 2.97. The SMILES string of the molecule is SC1=CC=C2C=CC(S)=C3C=CC=C1C23. The van der Waals surface area contributed by atoms with Crippen molar-refractivity contribution in [2.24, 2.45) is 5.92 Å². The summed E-state index contributed by atoms with van der Waals surface area (Å²) in [6.45, 7) is 0. The summed E-state index contributed by atoms with van der Waals surface area (Å²) in [6.07, 6.45) is 14.8. The first-order chi connectivity index (χ1) is 7.27. The van der Waals surface area contributed by atoms with E-state index in [4.69, 9.17) is 0 Å². The van der Waals surface area contributed by atoms with Crippen LogP contribution in [0.1, 0.15) is 0 Å². The van der Waals surface area contributed by atoms with Crippen molar-refractivity contribution in [3.8, 4) is 0 Å². The first-order valence-corrected chi connectivity index (χ1v) is 5.77. The van der Waals surface area contributed by atoms with Gasteiger partial charge in [-0.1, -0.05) is 30.4 Å². The van der Waals surface area contributed by atoms with E-state index in [0.717, 1.165) is 9.81 Å². The van der Waals surface area contributed by atoms with Crippen molar-refractivity contribution in [2.45, 2.75) is 0 Å². The highest BCUT2D eigenvalue weighted by Crippen LogP contribution is 2.44. The lowest BCUT2D eigenvalue weighted by Gasteiger charge is -2.31. The van der Waals surface area contributed by atoms with E-state index in [9.17, 15) is 0 Å². The zero-order chi connectivity index (χ0) is 10.4. The highest BCUT2D eigenvalue weighted by Gasteiger charge is 2.29. The Bertz CT molecular complexity index is 511. The number of hydrogen-bond acceptors (Lipinski definition) is 2. The van der Waals surface area contributed by atoms with Crippen LogP contribution in [-0.2, 0) is 0 Å². The van der Waals surface area contributed by atoms with Crippen LogP contribution in [0.4, 0.5) is 0 Å². The average Bonchev–Trinajstić information content (AvgIpc) is 2.27. The summed E-state index contributed by atoms with van der Waals surface area (Å²) in [5.74, 6) is 0.352. The van der Waals surface area contributed by atoms with Gasteiger partial charge in [0.1, 0.15) is 0 Å². The Hall–Kier alpha value is -0.860. The van der Waals surface area contributed by atoms with Gasteiger partial charge in [-0.3, -0.25) is 0 Å². The number of thiol groups is 2. The molecular formula is C13H10S2. The van der Waals surface area contributed by atoms with Crippen LogP contribution in [0, 0.1) is 5.92 Å². The molecule has 2 heteroatoms. The molecule has 1 unspecified atom stereocenters. The first-order valence-electron chi connectivity index (χ1n) is 4.88. The average molecular weight is 230 g/mol. The molecule has 0 amide bonds. The summed E-state index contributed by atoms with van der Waals surface area (Å²) in [5, 5.41) is 0. The van der Waals surface area contributed by atoms with Crippen LogP contribution in [0.3, 0.4) is 0 Å². The molecule has 0 aromatic heterocycles. The van der Waals surface area contributed by atoms with Crippen LogP contribution in [-0.4, -0.2) is 0 Å². The number of rotatable bonds is 0. The van der Waals surface area contributed by atoms with Crippen LogP contribution < -0.4 is 0 Å². The Morgan fingerprint density at radius 1 is 0.933 bits per heavy atom. The van der Waals surface area contributed by atoms with Crippen LogP contribution in [0.15, 0.2) is 69.1 Å². The molecule has 1 atom stereocenters. The first kappa shape index (κ1) is 9.37. The van der Waals surface area contributed by atoms with Gasteiger partial charge in [-0.25, -0.2) is 0 Å². The number of allylic oxidation sites excluding steroid dienone is 10. The molecule has 3 aliphatic carbocycles. The largest absolute Gasteiger partial charge is 0.143 e. The molecule has 0 fully saturated rings. The minimum atomic E-state index is 0.352. The summed E-state index contributed by atoms with van der Waals surface area (Å²) in [4.78, 5) is 2.11. The lowest BCUT2D eigenvalue weighted by atomic mass is 9.76. The van der Waals surface area contributed by atoms with E-state index in [1.54, 1.807) is 0 Å². The molecule has 0 spiro atoms. The standard InChI is InChI=1S/C13H10S2/c14-11-6-4-8-5-7-12(15)10-3-1-2-9(11)13(8)10/h1-7,13-15H. The number of hydrogen-bond donors (Lipinski definition) is 2. The smallest absolute Gasteiger partial charge is 0.0361 e. The maximum absolute atomic E-state index is 4.50. The van der Waals surface area contributed by atoms with E-state index in [1.165, 1.54) is 16.7 Å². The molecule has 3 aliphatic rings. The second-order valence-corrected chi connectivity index (χ2v) is 4.77. The van der Waals surface area contributed by atoms with E-state index >= 15 is 0 Å². The van der Waals surface area contributed by atoms with Crippen LogP contribution >= 0.6 is 25.3 Å². The van der Waals surface area contributed by atoms with E-state index in [0.29, 0.717) is 5.92 Å². The highest BCUT2D eigenvalue weighted by molar-refractivity contribution is 7.85. The summed E-state index contributed by atoms with van der Waals surface area (Å²) in [6, 6.07) is 0. The molecule has 3 rings (SSSR count). The predicted molar refractivity (Wildman–Crippen MR) is 71.0 cm³/mol. The van der Waals surface area contributed by atoms with E-state index in [-0.39, 0.29) is 0 Å². The Morgan fingerprint density at radius 3 is 2.67 bits per heavy atom. The maximum atomic E-state index is 4.50. The summed E-state index contributed by atoms with van der Waals surface area (Å²) < 4.78 is 0. The minimum Gasteiger partial charge on any atom is -0.143 e. The molecule has 0 aromatic carbocycles. The van der Waals surface area contributed by atoms with Crippen molar-refractivity contribution in [1.29, 1.82) is 0 Å². The fourth-order valence-corrected chi connectivity index (χ4v) is 2.79. The molecule has 0 radical (unpaired) electrons. The molecular weight excluding hydrogens is 220 g/mol. The van der Waals surface area contributed by atoms with Gasteiger partial charge in [0.15, 0.2) is 0 Å². The Morgan fingerprint density at radius 2 is 1.80 bits per heavy atom. The quantitative estimate of drug-likeness (QED) is 0.584. The van der Waals surface area contributed by atoms with Gasteiger partial charge in [0.2, 0.25) is 0 Å². The fraction of sp³-hybridized carbons (Fsp3) is 0.0769. The third-order valence-corrected chi connectivity index (χ3v) is 3.78. The zero-order valence-electron chi connectivity index (χ0n) is 8.01. The van der Waals surface area contributed by atoms with E-state index in [1.807, 2.05) is 0 Å². The van der Waals surface area contributed by atoms with Crippen LogP contribution in [0.5, 0.6) is 0 Å².